The Bertz CT molecular complexity index is 1380. The zero-order valence-electron chi connectivity index (χ0n) is 19.8. The number of rotatable bonds is 5. The number of fused-ring (bicyclic) bond motifs is 4. The number of carbonyl (C=O) groups is 3. The van der Waals surface area contributed by atoms with Crippen LogP contribution in [0.2, 0.25) is 5.02 Å². The Hall–Kier alpha value is -3.48. The third-order valence-electron chi connectivity index (χ3n) is 7.84. The predicted octanol–water partition coefficient (Wildman–Crippen LogP) is 3.85. The van der Waals surface area contributed by atoms with Crippen LogP contribution in [-0.4, -0.2) is 35.2 Å². The molecule has 1 spiro atoms. The van der Waals surface area contributed by atoms with Gasteiger partial charge in [0.1, 0.15) is 5.54 Å². The van der Waals surface area contributed by atoms with Crippen molar-refractivity contribution in [1.82, 2.24) is 10.2 Å². The highest BCUT2D eigenvalue weighted by Crippen LogP contribution is 2.54. The second kappa shape index (κ2) is 8.57. The maximum absolute atomic E-state index is 14.0. The van der Waals surface area contributed by atoms with E-state index in [0.29, 0.717) is 29.1 Å². The number of hydrogen-bond acceptors (Lipinski definition) is 4. The Morgan fingerprint density at radius 3 is 2.28 bits per heavy atom. The molecule has 0 unspecified atom stereocenters. The van der Waals surface area contributed by atoms with Gasteiger partial charge in [-0.25, -0.2) is 0 Å². The van der Waals surface area contributed by atoms with Crippen molar-refractivity contribution in [2.24, 2.45) is 11.8 Å². The van der Waals surface area contributed by atoms with Gasteiger partial charge in [0.25, 0.3) is 0 Å². The molecule has 2 saturated heterocycles. The molecule has 0 bridgehead atoms. The van der Waals surface area contributed by atoms with E-state index in [1.54, 1.807) is 12.1 Å². The van der Waals surface area contributed by atoms with E-state index in [2.05, 4.69) is 10.6 Å². The fourth-order valence-electron chi connectivity index (χ4n) is 6.24. The summed E-state index contributed by atoms with van der Waals surface area (Å²) in [4.78, 5) is 42.8. The summed E-state index contributed by atoms with van der Waals surface area (Å²) < 4.78 is 0. The van der Waals surface area contributed by atoms with Gasteiger partial charge in [0.2, 0.25) is 17.7 Å². The molecule has 3 aromatic rings. The summed E-state index contributed by atoms with van der Waals surface area (Å²) in [5.74, 6) is -2.31. The minimum Gasteiger partial charge on any atom is -0.324 e. The van der Waals surface area contributed by atoms with Crippen molar-refractivity contribution in [1.29, 1.82) is 0 Å². The lowest BCUT2D eigenvalue weighted by Gasteiger charge is -2.29. The topological polar surface area (TPSA) is 78.5 Å². The van der Waals surface area contributed by atoms with Gasteiger partial charge in [0.05, 0.1) is 11.8 Å². The van der Waals surface area contributed by atoms with E-state index in [4.69, 9.17) is 11.6 Å². The Morgan fingerprint density at radius 2 is 1.58 bits per heavy atom. The highest BCUT2D eigenvalue weighted by Gasteiger charge is 2.70. The Morgan fingerprint density at radius 1 is 0.917 bits per heavy atom. The fourth-order valence-corrected chi connectivity index (χ4v) is 6.51. The molecule has 0 aliphatic carbocycles. The number of amides is 3. The van der Waals surface area contributed by atoms with E-state index < -0.39 is 17.4 Å². The van der Waals surface area contributed by atoms with Gasteiger partial charge in [0, 0.05) is 28.9 Å². The van der Waals surface area contributed by atoms with Crippen LogP contribution in [0, 0.1) is 18.8 Å². The smallest absolute Gasteiger partial charge is 0.250 e. The summed E-state index contributed by atoms with van der Waals surface area (Å²) >= 11 is 6.43. The van der Waals surface area contributed by atoms with Gasteiger partial charge >= 0.3 is 0 Å². The van der Waals surface area contributed by atoms with Crippen molar-refractivity contribution in [3.63, 3.8) is 0 Å². The van der Waals surface area contributed by atoms with E-state index in [-0.39, 0.29) is 30.3 Å². The number of nitrogens with one attached hydrogen (secondary N) is 2. The SMILES string of the molecule is Cc1cc(Cl)cc2c1NC(=O)[C@@]21N[C@H](Cc2ccccc2)[C@H]2C(=O)N(CCc3ccccc3)C(=O)[C@H]21. The molecule has 4 atom stereocenters. The normalized spacial score (nSPS) is 26.4. The van der Waals surface area contributed by atoms with Crippen molar-refractivity contribution in [3.8, 4) is 0 Å². The zero-order valence-corrected chi connectivity index (χ0v) is 20.6. The van der Waals surface area contributed by atoms with Crippen molar-refractivity contribution in [3.05, 3.63) is 100 Å². The maximum atomic E-state index is 14.0. The molecule has 3 aliphatic rings. The Labute approximate surface area is 214 Å². The first-order valence-corrected chi connectivity index (χ1v) is 12.6. The molecule has 2 N–H and O–H groups in total. The molecule has 36 heavy (non-hydrogen) atoms. The lowest BCUT2D eigenvalue weighted by molar-refractivity contribution is -0.142. The number of likely N-dealkylation sites (tertiary alicyclic amines) is 1. The van der Waals surface area contributed by atoms with E-state index in [0.717, 1.165) is 16.7 Å². The molecular weight excluding hydrogens is 474 g/mol. The largest absolute Gasteiger partial charge is 0.324 e. The fraction of sp³-hybridized carbons (Fsp3) is 0.276. The van der Waals surface area contributed by atoms with E-state index in [1.807, 2.05) is 67.6 Å². The quantitative estimate of drug-likeness (QED) is 0.523. The minimum absolute atomic E-state index is 0.216. The molecule has 0 radical (unpaired) electrons. The number of aryl methyl sites for hydroxylation is 1. The number of hydrogen-bond donors (Lipinski definition) is 2. The highest BCUT2D eigenvalue weighted by atomic mass is 35.5. The average molecular weight is 500 g/mol. The average Bonchev–Trinajstić information content (AvgIpc) is 3.44. The molecule has 3 amide bonds. The second-order valence-corrected chi connectivity index (χ2v) is 10.4. The van der Waals surface area contributed by atoms with Crippen LogP contribution in [0.1, 0.15) is 22.3 Å². The zero-order chi connectivity index (χ0) is 25.0. The van der Waals surface area contributed by atoms with Crippen molar-refractivity contribution >= 4 is 35.0 Å². The highest BCUT2D eigenvalue weighted by molar-refractivity contribution is 6.31. The van der Waals surface area contributed by atoms with Gasteiger partial charge < -0.3 is 5.32 Å². The van der Waals surface area contributed by atoms with Gasteiger partial charge in [-0.1, -0.05) is 72.3 Å². The van der Waals surface area contributed by atoms with Crippen LogP contribution in [-0.2, 0) is 32.8 Å². The van der Waals surface area contributed by atoms with Crippen LogP contribution in [0.5, 0.6) is 0 Å². The summed E-state index contributed by atoms with van der Waals surface area (Å²) in [6.45, 7) is 2.16. The van der Waals surface area contributed by atoms with Gasteiger partial charge in [-0.3, -0.25) is 24.6 Å². The number of carbonyl (C=O) groups excluding carboxylic acids is 3. The number of nitrogens with zero attached hydrogens (tertiary/aromatic N) is 1. The third-order valence-corrected chi connectivity index (χ3v) is 8.06. The molecule has 3 aromatic carbocycles. The van der Waals surface area contributed by atoms with Gasteiger partial charge in [-0.2, -0.15) is 0 Å². The summed E-state index contributed by atoms with van der Waals surface area (Å²) in [5, 5.41) is 6.97. The van der Waals surface area contributed by atoms with Gasteiger partial charge in [0.15, 0.2) is 0 Å². The summed E-state index contributed by atoms with van der Waals surface area (Å²) in [5.41, 5.74) is 2.88. The van der Waals surface area contributed by atoms with Crippen molar-refractivity contribution in [2.75, 3.05) is 11.9 Å². The van der Waals surface area contributed by atoms with Gasteiger partial charge in [-0.05, 0) is 48.6 Å². The molecule has 0 aromatic heterocycles. The number of halogens is 1. The number of imide groups is 1. The molecule has 2 fully saturated rings. The summed E-state index contributed by atoms with van der Waals surface area (Å²) in [6.07, 6.45) is 1.09. The lowest BCUT2D eigenvalue weighted by atomic mass is 9.76. The molecule has 3 aliphatic heterocycles. The molecular formula is C29H26ClN3O3. The first kappa shape index (κ1) is 23.0. The number of anilines is 1. The summed E-state index contributed by atoms with van der Waals surface area (Å²) in [7, 11) is 0. The van der Waals surface area contributed by atoms with Crippen molar-refractivity contribution in [2.45, 2.75) is 31.3 Å². The van der Waals surface area contributed by atoms with E-state index in [1.165, 1.54) is 4.90 Å². The second-order valence-electron chi connectivity index (χ2n) is 9.92. The molecule has 6 rings (SSSR count). The summed E-state index contributed by atoms with van der Waals surface area (Å²) in [6, 6.07) is 22.8. The lowest BCUT2D eigenvalue weighted by Crippen LogP contribution is -2.53. The molecule has 7 heteroatoms. The molecule has 182 valence electrons. The Balaban J connectivity index is 1.42. The number of benzene rings is 3. The van der Waals surface area contributed by atoms with E-state index >= 15 is 0 Å². The molecule has 0 saturated carbocycles. The van der Waals surface area contributed by atoms with Crippen LogP contribution in [0.25, 0.3) is 0 Å². The molecule has 3 heterocycles. The van der Waals surface area contributed by atoms with Crippen LogP contribution in [0.3, 0.4) is 0 Å². The van der Waals surface area contributed by atoms with Gasteiger partial charge in [-0.15, -0.1) is 0 Å². The monoisotopic (exact) mass is 499 g/mol. The van der Waals surface area contributed by atoms with Crippen LogP contribution < -0.4 is 10.6 Å². The first-order chi connectivity index (χ1) is 17.4. The Kier molecular flexibility index (Phi) is 5.47. The predicted molar refractivity (Wildman–Crippen MR) is 137 cm³/mol. The third kappa shape index (κ3) is 3.39. The van der Waals surface area contributed by atoms with Crippen LogP contribution >= 0.6 is 11.6 Å². The van der Waals surface area contributed by atoms with Crippen molar-refractivity contribution < 1.29 is 14.4 Å². The minimum atomic E-state index is -1.34. The first-order valence-electron chi connectivity index (χ1n) is 12.2. The standard InChI is InChI=1S/C29H26ClN3O3/c1-17-14-20(30)16-21-25(17)31-28(36)29(21)24-23(22(32-29)15-19-10-6-3-7-11-19)26(34)33(27(24)35)13-12-18-8-4-2-5-9-18/h2-11,14,16,22-24,32H,12-13,15H2,1H3,(H,31,36)/t22-,23-,24+,29-/m1/s1. The maximum Gasteiger partial charge on any atom is 0.250 e. The molecule has 6 nitrogen and oxygen atoms in total. The van der Waals surface area contributed by atoms with Crippen LogP contribution in [0.15, 0.2) is 72.8 Å². The van der Waals surface area contributed by atoms with E-state index in [9.17, 15) is 14.4 Å². The van der Waals surface area contributed by atoms with Crippen LogP contribution in [0.4, 0.5) is 5.69 Å².